The molecule has 1 aromatic rings. The number of nitrogens with zero attached hydrogens (tertiary/aromatic N) is 3. The molecule has 0 spiro atoms. The second-order valence-electron chi connectivity index (χ2n) is 4.60. The van der Waals surface area contributed by atoms with Crippen molar-refractivity contribution in [2.75, 3.05) is 18.5 Å². The first-order chi connectivity index (χ1) is 8.65. The Bertz CT molecular complexity index is 430. The zero-order valence-corrected chi connectivity index (χ0v) is 10.9. The summed E-state index contributed by atoms with van der Waals surface area (Å²) in [6, 6.07) is 1.67. The molecule has 1 saturated heterocycles. The minimum absolute atomic E-state index is 0.0268. The van der Waals surface area contributed by atoms with Gasteiger partial charge in [0.25, 0.3) is 0 Å². The van der Waals surface area contributed by atoms with Crippen LogP contribution in [0.25, 0.3) is 0 Å². The second-order valence-corrected chi connectivity index (χ2v) is 4.60. The van der Waals surface area contributed by atoms with Crippen LogP contribution in [0.4, 0.5) is 10.6 Å². The van der Waals surface area contributed by atoms with Crippen LogP contribution >= 0.6 is 0 Å². The Labute approximate surface area is 107 Å². The zero-order valence-electron chi connectivity index (χ0n) is 10.9. The second kappa shape index (κ2) is 5.39. The number of nitrogens with one attached hydrogen (secondary N) is 1. The molecule has 0 aromatic carbocycles. The molecule has 0 bridgehead atoms. The van der Waals surface area contributed by atoms with Gasteiger partial charge in [0, 0.05) is 19.7 Å². The lowest BCUT2D eigenvalue weighted by molar-refractivity contribution is 0.166. The fourth-order valence-corrected chi connectivity index (χ4v) is 2.29. The first-order valence-electron chi connectivity index (χ1n) is 6.37. The molecule has 1 aromatic heterocycles. The van der Waals surface area contributed by atoms with Crippen molar-refractivity contribution < 1.29 is 9.90 Å². The molecule has 0 radical (unpaired) electrons. The van der Waals surface area contributed by atoms with Gasteiger partial charge in [-0.1, -0.05) is 6.92 Å². The molecule has 18 heavy (non-hydrogen) atoms. The van der Waals surface area contributed by atoms with E-state index in [1.165, 1.54) is 0 Å². The number of hydrogen-bond donors (Lipinski definition) is 2. The molecule has 2 heterocycles. The predicted octanol–water partition coefficient (Wildman–Crippen LogP) is 0.971. The van der Waals surface area contributed by atoms with Gasteiger partial charge in [-0.15, -0.1) is 0 Å². The van der Waals surface area contributed by atoms with Crippen LogP contribution in [0.2, 0.25) is 0 Å². The quantitative estimate of drug-likeness (QED) is 0.842. The minimum atomic E-state index is -0.155. The number of aryl methyl sites for hydroxylation is 2. The molecule has 0 saturated carbocycles. The van der Waals surface area contributed by atoms with E-state index in [-0.39, 0.29) is 18.7 Å². The van der Waals surface area contributed by atoms with Crippen molar-refractivity contribution in [3.8, 4) is 0 Å². The maximum Gasteiger partial charge on any atom is 0.323 e. The third-order valence-corrected chi connectivity index (χ3v) is 3.38. The van der Waals surface area contributed by atoms with E-state index < -0.39 is 0 Å². The fourth-order valence-electron chi connectivity index (χ4n) is 2.29. The summed E-state index contributed by atoms with van der Waals surface area (Å²) >= 11 is 0. The SMILES string of the molecule is CCc1cc(NC(=O)N2CCCC2CO)n(C)n1. The topological polar surface area (TPSA) is 70.4 Å². The lowest BCUT2D eigenvalue weighted by Crippen LogP contribution is -2.40. The maximum atomic E-state index is 12.1. The molecule has 100 valence electrons. The first-order valence-corrected chi connectivity index (χ1v) is 6.37. The number of amides is 2. The number of rotatable bonds is 3. The third-order valence-electron chi connectivity index (χ3n) is 3.38. The standard InChI is InChI=1S/C12H20N4O2/c1-3-9-7-11(15(2)14-9)13-12(18)16-6-4-5-10(16)8-17/h7,10,17H,3-6,8H2,1-2H3,(H,13,18). The molecular weight excluding hydrogens is 232 g/mol. The van der Waals surface area contributed by atoms with Crippen LogP contribution in [0.15, 0.2) is 6.07 Å². The summed E-state index contributed by atoms with van der Waals surface area (Å²) in [4.78, 5) is 13.8. The Hall–Kier alpha value is -1.56. The largest absolute Gasteiger partial charge is 0.394 e. The summed E-state index contributed by atoms with van der Waals surface area (Å²) in [5.41, 5.74) is 0.952. The minimum Gasteiger partial charge on any atom is -0.394 e. The van der Waals surface area contributed by atoms with Crippen molar-refractivity contribution in [1.29, 1.82) is 0 Å². The van der Waals surface area contributed by atoms with E-state index in [1.54, 1.807) is 9.58 Å². The molecular formula is C12H20N4O2. The first kappa shape index (κ1) is 12.9. The Morgan fingerprint density at radius 3 is 3.06 bits per heavy atom. The summed E-state index contributed by atoms with van der Waals surface area (Å²) in [6.45, 7) is 2.75. The number of aliphatic hydroxyl groups excluding tert-OH is 1. The summed E-state index contributed by atoms with van der Waals surface area (Å²) < 4.78 is 1.67. The third kappa shape index (κ3) is 2.48. The molecule has 1 aliphatic rings. The average molecular weight is 252 g/mol. The highest BCUT2D eigenvalue weighted by atomic mass is 16.3. The Balaban J connectivity index is 2.04. The van der Waals surface area contributed by atoms with Gasteiger partial charge in [0.05, 0.1) is 18.3 Å². The lowest BCUT2D eigenvalue weighted by atomic mass is 10.2. The van der Waals surface area contributed by atoms with Crippen molar-refractivity contribution in [1.82, 2.24) is 14.7 Å². The van der Waals surface area contributed by atoms with E-state index in [9.17, 15) is 9.90 Å². The van der Waals surface area contributed by atoms with E-state index in [0.29, 0.717) is 12.4 Å². The molecule has 2 N–H and O–H groups in total. The number of anilines is 1. The smallest absolute Gasteiger partial charge is 0.323 e. The number of hydrogen-bond acceptors (Lipinski definition) is 3. The molecule has 1 unspecified atom stereocenters. The van der Waals surface area contributed by atoms with E-state index >= 15 is 0 Å². The van der Waals surface area contributed by atoms with Crippen LogP contribution in [0.1, 0.15) is 25.5 Å². The van der Waals surface area contributed by atoms with Crippen LogP contribution in [0.5, 0.6) is 0 Å². The normalized spacial score (nSPS) is 19.3. The van der Waals surface area contributed by atoms with Gasteiger partial charge in [0.2, 0.25) is 0 Å². The van der Waals surface area contributed by atoms with Gasteiger partial charge in [-0.05, 0) is 19.3 Å². The van der Waals surface area contributed by atoms with E-state index in [2.05, 4.69) is 10.4 Å². The molecule has 2 rings (SSSR count). The van der Waals surface area contributed by atoms with Crippen molar-refractivity contribution >= 4 is 11.8 Å². The molecule has 6 nitrogen and oxygen atoms in total. The number of carbonyl (C=O) groups excluding carboxylic acids is 1. The van der Waals surface area contributed by atoms with Crippen molar-refractivity contribution in [3.63, 3.8) is 0 Å². The highest BCUT2D eigenvalue weighted by Gasteiger charge is 2.28. The van der Waals surface area contributed by atoms with Gasteiger partial charge in [0.15, 0.2) is 0 Å². The van der Waals surface area contributed by atoms with Crippen molar-refractivity contribution in [3.05, 3.63) is 11.8 Å². The Morgan fingerprint density at radius 2 is 2.44 bits per heavy atom. The zero-order chi connectivity index (χ0) is 13.1. The Kier molecular flexibility index (Phi) is 3.86. The van der Waals surface area contributed by atoms with Gasteiger partial charge in [-0.3, -0.25) is 10.00 Å². The predicted molar refractivity (Wildman–Crippen MR) is 68.4 cm³/mol. The highest BCUT2D eigenvalue weighted by Crippen LogP contribution is 2.18. The van der Waals surface area contributed by atoms with Gasteiger partial charge in [-0.2, -0.15) is 5.10 Å². The molecule has 6 heteroatoms. The van der Waals surface area contributed by atoms with Crippen molar-refractivity contribution in [2.24, 2.45) is 7.05 Å². The van der Waals surface area contributed by atoms with E-state index in [4.69, 9.17) is 0 Å². The summed E-state index contributed by atoms with van der Waals surface area (Å²) in [7, 11) is 1.81. The van der Waals surface area contributed by atoms with E-state index in [1.807, 2.05) is 20.0 Å². The molecule has 1 aliphatic heterocycles. The van der Waals surface area contributed by atoms with Crippen LogP contribution in [-0.2, 0) is 13.5 Å². The van der Waals surface area contributed by atoms with Crippen LogP contribution < -0.4 is 5.32 Å². The number of aliphatic hydroxyl groups is 1. The average Bonchev–Trinajstić information content (AvgIpc) is 2.96. The maximum absolute atomic E-state index is 12.1. The number of carbonyl (C=O) groups is 1. The fraction of sp³-hybridized carbons (Fsp3) is 0.667. The van der Waals surface area contributed by atoms with E-state index in [0.717, 1.165) is 25.0 Å². The highest BCUT2D eigenvalue weighted by molar-refractivity contribution is 5.88. The van der Waals surface area contributed by atoms with Crippen LogP contribution in [0, 0.1) is 0 Å². The van der Waals surface area contributed by atoms with Gasteiger partial charge < -0.3 is 10.0 Å². The van der Waals surface area contributed by atoms with Gasteiger partial charge >= 0.3 is 6.03 Å². The molecule has 1 fully saturated rings. The Morgan fingerprint density at radius 1 is 1.67 bits per heavy atom. The monoisotopic (exact) mass is 252 g/mol. The summed E-state index contributed by atoms with van der Waals surface area (Å²) in [6.07, 6.45) is 2.66. The van der Waals surface area contributed by atoms with Gasteiger partial charge in [-0.25, -0.2) is 4.79 Å². The lowest BCUT2D eigenvalue weighted by Gasteiger charge is -2.23. The van der Waals surface area contributed by atoms with Crippen LogP contribution in [-0.4, -0.2) is 45.0 Å². The number of likely N-dealkylation sites (tertiary alicyclic amines) is 1. The number of urea groups is 1. The number of aromatic nitrogens is 2. The molecule has 0 aliphatic carbocycles. The van der Waals surface area contributed by atoms with Crippen molar-refractivity contribution in [2.45, 2.75) is 32.2 Å². The van der Waals surface area contributed by atoms with Crippen LogP contribution in [0.3, 0.4) is 0 Å². The summed E-state index contributed by atoms with van der Waals surface area (Å²) in [5, 5.41) is 16.3. The molecule has 1 atom stereocenters. The summed E-state index contributed by atoms with van der Waals surface area (Å²) in [5.74, 6) is 0.695. The van der Waals surface area contributed by atoms with Gasteiger partial charge in [0.1, 0.15) is 5.82 Å². The molecule has 2 amide bonds.